The third-order valence-corrected chi connectivity index (χ3v) is 4.90. The number of hydrogen-bond acceptors (Lipinski definition) is 4. The van der Waals surface area contributed by atoms with Crippen LogP contribution in [0, 0.1) is 0 Å². The summed E-state index contributed by atoms with van der Waals surface area (Å²) < 4.78 is 1.99. The molecule has 0 spiro atoms. The first kappa shape index (κ1) is 18.3. The van der Waals surface area contributed by atoms with Crippen LogP contribution in [0.3, 0.4) is 0 Å². The smallest absolute Gasteiger partial charge is 0.225 e. The largest absolute Gasteiger partial charge is 0.369 e. The molecule has 0 unspecified atom stereocenters. The van der Waals surface area contributed by atoms with E-state index >= 15 is 0 Å². The molecule has 1 aromatic heterocycles. The molecule has 1 amide bonds. The van der Waals surface area contributed by atoms with Gasteiger partial charge in [0, 0.05) is 18.4 Å². The Labute approximate surface area is 153 Å². The summed E-state index contributed by atoms with van der Waals surface area (Å²) in [4.78, 5) is 28.0. The number of benzene rings is 1. The van der Waals surface area contributed by atoms with Gasteiger partial charge in [0.2, 0.25) is 5.91 Å². The van der Waals surface area contributed by atoms with Crippen molar-refractivity contribution in [3.05, 3.63) is 47.5 Å². The van der Waals surface area contributed by atoms with E-state index < -0.39 is 5.91 Å². The monoisotopic (exact) mass is 354 g/mol. The molecule has 1 aliphatic carbocycles. The molecular formula is C20H26N4O2. The summed E-state index contributed by atoms with van der Waals surface area (Å²) in [5.41, 5.74) is 6.04. The lowest BCUT2D eigenvalue weighted by Gasteiger charge is -2.23. The van der Waals surface area contributed by atoms with Crippen LogP contribution < -0.4 is 5.73 Å². The quantitative estimate of drug-likeness (QED) is 0.738. The van der Waals surface area contributed by atoms with Crippen LogP contribution in [0.4, 0.5) is 0 Å². The minimum atomic E-state index is -0.420. The fourth-order valence-corrected chi connectivity index (χ4v) is 3.60. The van der Waals surface area contributed by atoms with Crippen molar-refractivity contribution in [3.63, 3.8) is 0 Å². The van der Waals surface area contributed by atoms with Crippen molar-refractivity contribution >= 4 is 11.7 Å². The Morgan fingerprint density at radius 3 is 2.54 bits per heavy atom. The van der Waals surface area contributed by atoms with E-state index in [1.807, 2.05) is 35.0 Å². The summed E-state index contributed by atoms with van der Waals surface area (Å²) in [6, 6.07) is 9.70. The summed E-state index contributed by atoms with van der Waals surface area (Å²) in [6.07, 6.45) is 7.78. The van der Waals surface area contributed by atoms with Gasteiger partial charge in [-0.15, -0.1) is 0 Å². The average Bonchev–Trinajstić information content (AvgIpc) is 3.05. The summed E-state index contributed by atoms with van der Waals surface area (Å²) in [7, 11) is 0. The fourth-order valence-electron chi connectivity index (χ4n) is 3.60. The Kier molecular flexibility index (Phi) is 6.15. The van der Waals surface area contributed by atoms with Gasteiger partial charge in [0.15, 0.2) is 11.6 Å². The molecule has 0 radical (unpaired) electrons. The van der Waals surface area contributed by atoms with E-state index in [-0.39, 0.29) is 12.2 Å². The normalized spacial score (nSPS) is 15.1. The van der Waals surface area contributed by atoms with Gasteiger partial charge in [0.25, 0.3) is 0 Å². The highest BCUT2D eigenvalue weighted by Gasteiger charge is 2.21. The van der Waals surface area contributed by atoms with E-state index in [0.29, 0.717) is 24.7 Å². The van der Waals surface area contributed by atoms with Gasteiger partial charge in [-0.1, -0.05) is 49.6 Å². The van der Waals surface area contributed by atoms with Crippen molar-refractivity contribution in [1.29, 1.82) is 0 Å². The van der Waals surface area contributed by atoms with Crippen LogP contribution in [0.1, 0.15) is 73.0 Å². The zero-order chi connectivity index (χ0) is 18.4. The van der Waals surface area contributed by atoms with Gasteiger partial charge >= 0.3 is 0 Å². The molecule has 26 heavy (non-hydrogen) atoms. The molecule has 1 saturated carbocycles. The van der Waals surface area contributed by atoms with Crippen molar-refractivity contribution in [2.45, 2.75) is 63.8 Å². The summed E-state index contributed by atoms with van der Waals surface area (Å²) in [6.45, 7) is 0. The van der Waals surface area contributed by atoms with Crippen molar-refractivity contribution < 1.29 is 9.59 Å². The lowest BCUT2D eigenvalue weighted by molar-refractivity contribution is -0.117. The van der Waals surface area contributed by atoms with Gasteiger partial charge in [0.1, 0.15) is 5.82 Å². The number of amides is 1. The topological polar surface area (TPSA) is 90.9 Å². The first-order valence-electron chi connectivity index (χ1n) is 9.44. The summed E-state index contributed by atoms with van der Waals surface area (Å²) in [5.74, 6) is 1.09. The molecule has 6 nitrogen and oxygen atoms in total. The zero-order valence-corrected chi connectivity index (χ0v) is 15.1. The van der Waals surface area contributed by atoms with E-state index in [1.165, 1.54) is 19.3 Å². The van der Waals surface area contributed by atoms with Crippen LogP contribution >= 0.6 is 0 Å². The number of carbonyl (C=O) groups excluding carboxylic acids is 2. The molecule has 1 heterocycles. The number of nitrogens with two attached hydrogens (primary N) is 1. The second-order valence-electron chi connectivity index (χ2n) is 6.97. The molecule has 2 aromatic rings. The molecule has 1 aromatic carbocycles. The minimum absolute atomic E-state index is 0.0651. The predicted octanol–water partition coefficient (Wildman–Crippen LogP) is 3.02. The maximum Gasteiger partial charge on any atom is 0.225 e. The van der Waals surface area contributed by atoms with Gasteiger partial charge < -0.3 is 5.73 Å². The van der Waals surface area contributed by atoms with E-state index in [9.17, 15) is 9.59 Å². The highest BCUT2D eigenvalue weighted by Crippen LogP contribution is 2.28. The second kappa shape index (κ2) is 8.74. The van der Waals surface area contributed by atoms with E-state index in [0.717, 1.165) is 30.7 Å². The van der Waals surface area contributed by atoms with Crippen LogP contribution in [-0.2, 0) is 17.6 Å². The molecule has 1 fully saturated rings. The highest BCUT2D eigenvalue weighted by molar-refractivity contribution is 5.95. The Hall–Kier alpha value is -2.50. The van der Waals surface area contributed by atoms with Crippen LogP contribution in [0.5, 0.6) is 0 Å². The van der Waals surface area contributed by atoms with Gasteiger partial charge in [-0.2, -0.15) is 5.10 Å². The maximum atomic E-state index is 12.3. The lowest BCUT2D eigenvalue weighted by atomic mass is 9.95. The van der Waals surface area contributed by atoms with Gasteiger partial charge in [-0.05, 0) is 19.3 Å². The van der Waals surface area contributed by atoms with Crippen LogP contribution in [0.15, 0.2) is 30.3 Å². The van der Waals surface area contributed by atoms with Crippen molar-refractivity contribution in [2.24, 2.45) is 5.73 Å². The molecule has 6 heteroatoms. The van der Waals surface area contributed by atoms with Crippen LogP contribution in [-0.4, -0.2) is 26.5 Å². The highest BCUT2D eigenvalue weighted by atomic mass is 16.1. The number of hydrogen-bond donors (Lipinski definition) is 1. The van der Waals surface area contributed by atoms with Crippen molar-refractivity contribution in [2.75, 3.05) is 0 Å². The molecule has 1 aliphatic rings. The van der Waals surface area contributed by atoms with Crippen LogP contribution in [0.2, 0.25) is 0 Å². The molecule has 0 bridgehead atoms. The maximum absolute atomic E-state index is 12.3. The number of ketones is 1. The van der Waals surface area contributed by atoms with Crippen molar-refractivity contribution in [1.82, 2.24) is 14.8 Å². The number of aryl methyl sites for hydroxylation is 1. The Morgan fingerprint density at radius 1 is 1.12 bits per heavy atom. The van der Waals surface area contributed by atoms with Crippen LogP contribution in [0.25, 0.3) is 0 Å². The molecule has 0 aliphatic heterocycles. The number of primary amides is 1. The summed E-state index contributed by atoms with van der Waals surface area (Å²) in [5, 5.41) is 4.55. The van der Waals surface area contributed by atoms with Gasteiger partial charge in [-0.3, -0.25) is 9.59 Å². The molecule has 2 N–H and O–H groups in total. The zero-order valence-electron chi connectivity index (χ0n) is 15.1. The minimum Gasteiger partial charge on any atom is -0.369 e. The molecule has 3 rings (SSSR count). The number of Topliss-reactive ketones (excluding diaryl/α,β-unsaturated/α-hetero) is 1. The third kappa shape index (κ3) is 4.77. The van der Waals surface area contributed by atoms with E-state index in [2.05, 4.69) is 10.1 Å². The van der Waals surface area contributed by atoms with E-state index in [1.54, 1.807) is 0 Å². The molecule has 0 atom stereocenters. The molecule has 138 valence electrons. The first-order valence-corrected chi connectivity index (χ1v) is 9.44. The number of aromatic nitrogens is 3. The second-order valence-corrected chi connectivity index (χ2v) is 6.97. The Morgan fingerprint density at radius 2 is 1.85 bits per heavy atom. The lowest BCUT2D eigenvalue weighted by Crippen LogP contribution is -2.18. The third-order valence-electron chi connectivity index (χ3n) is 4.90. The Balaban J connectivity index is 1.66. The standard InChI is InChI=1S/C20H26N4O2/c21-18(26)14-19-22-20(24(23-19)16-10-5-2-6-11-16)13-7-12-17(25)15-8-3-1-4-9-15/h1,3-4,8-9,16H,2,5-7,10-14H2,(H2,21,26). The fraction of sp³-hybridized carbons (Fsp3) is 0.500. The number of nitrogens with zero attached hydrogens (tertiary/aromatic N) is 3. The summed E-state index contributed by atoms with van der Waals surface area (Å²) >= 11 is 0. The molecule has 0 saturated heterocycles. The number of rotatable bonds is 8. The first-order chi connectivity index (χ1) is 12.6. The van der Waals surface area contributed by atoms with Crippen molar-refractivity contribution in [3.8, 4) is 0 Å². The predicted molar refractivity (Wildman–Crippen MR) is 98.8 cm³/mol. The van der Waals surface area contributed by atoms with E-state index in [4.69, 9.17) is 5.73 Å². The Bertz CT molecular complexity index is 748. The SMILES string of the molecule is NC(=O)Cc1nc(CCCC(=O)c2ccccc2)n(C2CCCCC2)n1. The average molecular weight is 354 g/mol. The number of carbonyl (C=O) groups is 2. The molecular weight excluding hydrogens is 328 g/mol. The van der Waals surface area contributed by atoms with Gasteiger partial charge in [0.05, 0.1) is 12.5 Å². The van der Waals surface area contributed by atoms with Gasteiger partial charge in [-0.25, -0.2) is 9.67 Å².